The van der Waals surface area contributed by atoms with Crippen molar-refractivity contribution < 1.29 is 4.79 Å². The summed E-state index contributed by atoms with van der Waals surface area (Å²) in [4.78, 5) is 22.5. The summed E-state index contributed by atoms with van der Waals surface area (Å²) in [6.07, 6.45) is 6.96. The molecule has 1 saturated heterocycles. The van der Waals surface area contributed by atoms with Crippen molar-refractivity contribution >= 4 is 11.7 Å². The number of nitrogens with zero attached hydrogens (tertiary/aromatic N) is 3. The molecule has 0 aromatic carbocycles. The molecule has 2 rings (SSSR count). The van der Waals surface area contributed by atoms with E-state index in [-0.39, 0.29) is 5.91 Å². The van der Waals surface area contributed by atoms with E-state index >= 15 is 0 Å². The van der Waals surface area contributed by atoms with Gasteiger partial charge in [0.15, 0.2) is 0 Å². The van der Waals surface area contributed by atoms with Crippen LogP contribution in [0.25, 0.3) is 0 Å². The van der Waals surface area contributed by atoms with E-state index in [4.69, 9.17) is 0 Å². The number of hydrogen-bond acceptors (Lipinski definition) is 4. The molecule has 0 aliphatic carbocycles. The van der Waals surface area contributed by atoms with Crippen LogP contribution >= 0.6 is 0 Å². The second kappa shape index (κ2) is 7.07. The highest BCUT2D eigenvalue weighted by Gasteiger charge is 2.12. The minimum Gasteiger partial charge on any atom is -0.357 e. The molecule has 0 unspecified atom stereocenters. The minimum absolute atomic E-state index is 0.0643. The highest BCUT2D eigenvalue weighted by molar-refractivity contribution is 5.75. The lowest BCUT2D eigenvalue weighted by Crippen LogP contribution is -2.31. The highest BCUT2D eigenvalue weighted by atomic mass is 16.1. The van der Waals surface area contributed by atoms with Gasteiger partial charge in [0, 0.05) is 25.7 Å². The summed E-state index contributed by atoms with van der Waals surface area (Å²) in [5.74, 6) is 1.73. The van der Waals surface area contributed by atoms with E-state index in [1.807, 2.05) is 13.0 Å². The number of piperidine rings is 1. The average molecular weight is 262 g/mol. The molecule has 1 N–H and O–H groups in total. The first-order valence-electron chi connectivity index (χ1n) is 7.13. The maximum Gasteiger partial charge on any atom is 0.220 e. The van der Waals surface area contributed by atoms with Gasteiger partial charge < -0.3 is 10.2 Å². The molecule has 0 radical (unpaired) electrons. The normalized spacial score (nSPS) is 15.3. The second-order valence-corrected chi connectivity index (χ2v) is 4.91. The van der Waals surface area contributed by atoms with Gasteiger partial charge in [-0.1, -0.05) is 6.92 Å². The summed E-state index contributed by atoms with van der Waals surface area (Å²) in [6, 6.07) is 1.95. The van der Waals surface area contributed by atoms with Crippen LogP contribution in [0.15, 0.2) is 12.3 Å². The minimum atomic E-state index is 0.0643. The number of carbonyl (C=O) groups excluding carboxylic acids is 1. The van der Waals surface area contributed by atoms with Crippen molar-refractivity contribution in [1.82, 2.24) is 15.3 Å². The summed E-state index contributed by atoms with van der Waals surface area (Å²) < 4.78 is 0. The zero-order valence-corrected chi connectivity index (χ0v) is 11.6. The summed E-state index contributed by atoms with van der Waals surface area (Å²) in [5, 5.41) is 2.85. The molecule has 19 heavy (non-hydrogen) atoms. The highest BCUT2D eigenvalue weighted by Crippen LogP contribution is 2.16. The van der Waals surface area contributed by atoms with Crippen molar-refractivity contribution in [2.24, 2.45) is 0 Å². The first-order chi connectivity index (χ1) is 9.29. The number of hydrogen-bond donors (Lipinski definition) is 1. The van der Waals surface area contributed by atoms with Crippen molar-refractivity contribution in [3.63, 3.8) is 0 Å². The fraction of sp³-hybridized carbons (Fsp3) is 0.643. The van der Waals surface area contributed by atoms with E-state index < -0.39 is 0 Å². The van der Waals surface area contributed by atoms with Gasteiger partial charge in [-0.15, -0.1) is 0 Å². The Hall–Kier alpha value is -1.65. The Kier molecular flexibility index (Phi) is 5.12. The van der Waals surface area contributed by atoms with E-state index in [2.05, 4.69) is 20.2 Å². The Morgan fingerprint density at radius 2 is 2.16 bits per heavy atom. The average Bonchev–Trinajstić information content (AvgIpc) is 2.47. The van der Waals surface area contributed by atoms with Crippen molar-refractivity contribution in [3.8, 4) is 0 Å². The van der Waals surface area contributed by atoms with Crippen LogP contribution in [0.5, 0.6) is 0 Å². The van der Waals surface area contributed by atoms with Gasteiger partial charge in [0.2, 0.25) is 5.91 Å². The maximum absolute atomic E-state index is 11.4. The Morgan fingerprint density at radius 1 is 1.37 bits per heavy atom. The van der Waals surface area contributed by atoms with Crippen molar-refractivity contribution in [2.75, 3.05) is 18.0 Å². The molecular formula is C14H22N4O. The molecule has 5 heteroatoms. The van der Waals surface area contributed by atoms with Gasteiger partial charge in [0.05, 0.1) is 6.54 Å². The smallest absolute Gasteiger partial charge is 0.220 e. The third-order valence-electron chi connectivity index (χ3n) is 3.29. The number of carbonyl (C=O) groups is 1. The molecule has 0 bridgehead atoms. The topological polar surface area (TPSA) is 58.1 Å². The Balaban J connectivity index is 1.92. The number of rotatable bonds is 5. The molecule has 5 nitrogen and oxygen atoms in total. The quantitative estimate of drug-likeness (QED) is 0.880. The SMILES string of the molecule is CCCC(=O)NCc1nccc(N2CCCCC2)n1. The van der Waals surface area contributed by atoms with Gasteiger partial charge in [-0.2, -0.15) is 0 Å². The van der Waals surface area contributed by atoms with E-state index in [1.54, 1.807) is 6.20 Å². The first kappa shape index (κ1) is 13.8. The Morgan fingerprint density at radius 3 is 2.89 bits per heavy atom. The Labute approximate surface area is 114 Å². The summed E-state index contributed by atoms with van der Waals surface area (Å²) in [6.45, 7) is 4.55. The van der Waals surface area contributed by atoms with Gasteiger partial charge >= 0.3 is 0 Å². The fourth-order valence-corrected chi connectivity index (χ4v) is 2.27. The van der Waals surface area contributed by atoms with E-state index in [0.717, 1.165) is 25.3 Å². The molecule has 104 valence electrons. The second-order valence-electron chi connectivity index (χ2n) is 4.91. The Bertz CT molecular complexity index is 416. The predicted molar refractivity (Wildman–Crippen MR) is 74.9 cm³/mol. The zero-order chi connectivity index (χ0) is 13.5. The van der Waals surface area contributed by atoms with Gasteiger partial charge in [0.1, 0.15) is 11.6 Å². The molecule has 0 atom stereocenters. The van der Waals surface area contributed by atoms with Crippen molar-refractivity contribution in [1.29, 1.82) is 0 Å². The fourth-order valence-electron chi connectivity index (χ4n) is 2.27. The predicted octanol–water partition coefficient (Wildman–Crippen LogP) is 1.88. The van der Waals surface area contributed by atoms with Crippen LogP contribution < -0.4 is 10.2 Å². The van der Waals surface area contributed by atoms with Crippen LogP contribution in [0.3, 0.4) is 0 Å². The van der Waals surface area contributed by atoms with Crippen LogP contribution in [0.2, 0.25) is 0 Å². The van der Waals surface area contributed by atoms with Crippen LogP contribution in [0.4, 0.5) is 5.82 Å². The molecule has 0 spiro atoms. The standard InChI is InChI=1S/C14H22N4O/c1-2-6-14(19)16-11-12-15-8-7-13(17-12)18-9-4-3-5-10-18/h7-8H,2-6,9-11H2,1H3,(H,16,19). The van der Waals surface area contributed by atoms with Crippen LogP contribution in [0, 0.1) is 0 Å². The third kappa shape index (κ3) is 4.19. The lowest BCUT2D eigenvalue weighted by atomic mass is 10.1. The number of nitrogens with one attached hydrogen (secondary N) is 1. The van der Waals surface area contributed by atoms with E-state index in [1.165, 1.54) is 19.3 Å². The van der Waals surface area contributed by atoms with E-state index in [0.29, 0.717) is 18.8 Å². The summed E-state index contributed by atoms with van der Waals surface area (Å²) in [7, 11) is 0. The largest absolute Gasteiger partial charge is 0.357 e. The molecule has 1 aliphatic heterocycles. The first-order valence-corrected chi connectivity index (χ1v) is 7.13. The van der Waals surface area contributed by atoms with Crippen LogP contribution in [-0.2, 0) is 11.3 Å². The van der Waals surface area contributed by atoms with Gasteiger partial charge in [-0.3, -0.25) is 4.79 Å². The molecule has 1 fully saturated rings. The zero-order valence-electron chi connectivity index (χ0n) is 11.6. The lowest BCUT2D eigenvalue weighted by Gasteiger charge is -2.27. The van der Waals surface area contributed by atoms with E-state index in [9.17, 15) is 4.79 Å². The van der Waals surface area contributed by atoms with Gasteiger partial charge in [0.25, 0.3) is 0 Å². The molecule has 1 aromatic rings. The number of aromatic nitrogens is 2. The number of anilines is 1. The monoisotopic (exact) mass is 262 g/mol. The maximum atomic E-state index is 11.4. The van der Waals surface area contributed by atoms with Gasteiger partial charge in [-0.25, -0.2) is 9.97 Å². The molecule has 1 amide bonds. The molecule has 0 saturated carbocycles. The summed E-state index contributed by atoms with van der Waals surface area (Å²) in [5.41, 5.74) is 0. The lowest BCUT2D eigenvalue weighted by molar-refractivity contribution is -0.121. The third-order valence-corrected chi connectivity index (χ3v) is 3.29. The van der Waals surface area contributed by atoms with Crippen LogP contribution in [0.1, 0.15) is 44.9 Å². The summed E-state index contributed by atoms with van der Waals surface area (Å²) >= 11 is 0. The molecule has 1 aromatic heterocycles. The van der Waals surface area contributed by atoms with Crippen molar-refractivity contribution in [2.45, 2.75) is 45.6 Å². The van der Waals surface area contributed by atoms with Gasteiger partial charge in [-0.05, 0) is 31.7 Å². The molecular weight excluding hydrogens is 240 g/mol. The van der Waals surface area contributed by atoms with Crippen LogP contribution in [-0.4, -0.2) is 29.0 Å². The van der Waals surface area contributed by atoms with Crippen molar-refractivity contribution in [3.05, 3.63) is 18.1 Å². The number of amides is 1. The molecule has 1 aliphatic rings. The molecule has 2 heterocycles.